The number of hydrogen-bond donors (Lipinski definition) is 4. The van der Waals surface area contributed by atoms with Gasteiger partial charge in [-0.25, -0.2) is 4.98 Å². The molecule has 72 heavy (non-hydrogen) atoms. The van der Waals surface area contributed by atoms with Crippen LogP contribution < -0.4 is 25.4 Å². The number of nitriles is 1. The molecule has 6 rings (SSSR count). The van der Waals surface area contributed by atoms with Crippen LogP contribution in [0.2, 0.25) is 5.02 Å². The lowest BCUT2D eigenvalue weighted by Gasteiger charge is -2.63. The topological polar surface area (TPSA) is 201 Å². The molecule has 2 heterocycles. The van der Waals surface area contributed by atoms with Crippen molar-refractivity contribution < 1.29 is 43.2 Å². The Hall–Kier alpha value is -5.57. The normalized spacial score (nSPS) is 19.8. The third-order valence-electron chi connectivity index (χ3n) is 13.6. The lowest BCUT2D eigenvalue weighted by Crippen LogP contribution is -2.74. The number of nitrogens with zero attached hydrogens (tertiary/aromatic N) is 3. The molecular formula is C55H71ClN6O9S. The molecule has 0 unspecified atom stereocenters. The summed E-state index contributed by atoms with van der Waals surface area (Å²) in [7, 11) is 0. The minimum Gasteiger partial charge on any atom is -0.494 e. The van der Waals surface area contributed by atoms with Crippen LogP contribution in [-0.2, 0) is 23.9 Å². The number of thiazole rings is 1. The van der Waals surface area contributed by atoms with Gasteiger partial charge in [0, 0.05) is 61.3 Å². The minimum atomic E-state index is -0.957. The summed E-state index contributed by atoms with van der Waals surface area (Å²) < 4.78 is 23.7. The van der Waals surface area contributed by atoms with Crippen molar-refractivity contribution in [1.82, 2.24) is 25.8 Å². The number of likely N-dealkylation sites (tertiary alicyclic amines) is 1. The van der Waals surface area contributed by atoms with Gasteiger partial charge < -0.3 is 44.9 Å². The van der Waals surface area contributed by atoms with Gasteiger partial charge in [0.25, 0.3) is 5.91 Å². The van der Waals surface area contributed by atoms with Crippen LogP contribution in [0.4, 0.5) is 0 Å². The van der Waals surface area contributed by atoms with Gasteiger partial charge in [-0.05, 0) is 92.5 Å². The van der Waals surface area contributed by atoms with Crippen LogP contribution in [0.15, 0.2) is 72.2 Å². The van der Waals surface area contributed by atoms with Crippen molar-refractivity contribution in [2.45, 2.75) is 131 Å². The molecule has 4 aromatic rings. The number of unbranched alkanes of at least 4 members (excludes halogenated alkanes) is 2. The minimum absolute atomic E-state index is 0.0160. The molecule has 1 saturated heterocycles. The first-order chi connectivity index (χ1) is 34.1. The van der Waals surface area contributed by atoms with Gasteiger partial charge in [-0.15, -0.1) is 11.3 Å². The second-order valence-electron chi connectivity index (χ2n) is 21.1. The second-order valence-corrected chi connectivity index (χ2v) is 22.4. The molecule has 2 fully saturated rings. The number of hydrogen-bond acceptors (Lipinski definition) is 12. The van der Waals surface area contributed by atoms with Crippen LogP contribution in [0.1, 0.15) is 121 Å². The van der Waals surface area contributed by atoms with Crippen LogP contribution in [0, 0.1) is 34.5 Å². The molecule has 0 bridgehead atoms. The molecule has 1 aliphatic heterocycles. The number of aliphatic hydroxyl groups is 1. The summed E-state index contributed by atoms with van der Waals surface area (Å²) in [5, 5.41) is 29.2. The highest BCUT2D eigenvalue weighted by molar-refractivity contribution is 7.13. The fourth-order valence-electron chi connectivity index (χ4n) is 9.93. The van der Waals surface area contributed by atoms with Crippen molar-refractivity contribution >= 4 is 46.6 Å². The summed E-state index contributed by atoms with van der Waals surface area (Å²) in [5.41, 5.74) is 4.20. The molecule has 1 aromatic heterocycles. The Kier molecular flexibility index (Phi) is 18.9. The molecule has 0 spiro atoms. The SMILES string of the molecule is Cc1ncsc1-c1ccc([C@H](C)NC(=O)[C@@H]2C[C@@H](O)CN2C(=O)[C@@H](NC(=O)COCCCOCCCCCOc2ccc(C(=O)NC3C(C)(C)C(Oc4ccc(C#N)c(Cl)c4)C3(C)C)cc2)C(C)(C)C)cc1. The van der Waals surface area contributed by atoms with Crippen molar-refractivity contribution in [3.63, 3.8) is 0 Å². The third-order valence-corrected chi connectivity index (χ3v) is 14.9. The van der Waals surface area contributed by atoms with Gasteiger partial charge in [-0.1, -0.05) is 84.3 Å². The molecule has 3 aromatic carbocycles. The van der Waals surface area contributed by atoms with Crippen molar-refractivity contribution in [3.05, 3.63) is 99.6 Å². The van der Waals surface area contributed by atoms with E-state index in [4.69, 9.17) is 30.5 Å². The van der Waals surface area contributed by atoms with Gasteiger partial charge in [0.15, 0.2) is 0 Å². The lowest BCUT2D eigenvalue weighted by atomic mass is 9.49. The molecule has 0 radical (unpaired) electrons. The monoisotopic (exact) mass is 1030 g/mol. The van der Waals surface area contributed by atoms with Crippen molar-refractivity contribution in [1.29, 1.82) is 5.26 Å². The average Bonchev–Trinajstić information content (AvgIpc) is 3.96. The zero-order valence-electron chi connectivity index (χ0n) is 43.0. The smallest absolute Gasteiger partial charge is 0.251 e. The fourth-order valence-corrected chi connectivity index (χ4v) is 11.0. The highest BCUT2D eigenvalue weighted by Crippen LogP contribution is 2.55. The Balaban J connectivity index is 0.825. The van der Waals surface area contributed by atoms with Gasteiger partial charge >= 0.3 is 0 Å². The first-order valence-corrected chi connectivity index (χ1v) is 26.0. The number of amides is 4. The van der Waals surface area contributed by atoms with E-state index in [1.165, 1.54) is 4.90 Å². The van der Waals surface area contributed by atoms with Crippen molar-refractivity contribution in [3.8, 4) is 28.0 Å². The summed E-state index contributed by atoms with van der Waals surface area (Å²) in [4.78, 5) is 60.9. The van der Waals surface area contributed by atoms with Crippen LogP contribution in [-0.4, -0.2) is 109 Å². The van der Waals surface area contributed by atoms with E-state index >= 15 is 0 Å². The zero-order chi connectivity index (χ0) is 52.4. The fraction of sp³-hybridized carbons (Fsp3) is 0.527. The Morgan fingerprint density at radius 2 is 1.56 bits per heavy atom. The first kappa shape index (κ1) is 55.7. The van der Waals surface area contributed by atoms with Gasteiger partial charge in [-0.2, -0.15) is 5.26 Å². The first-order valence-electron chi connectivity index (χ1n) is 24.8. The number of rotatable bonds is 23. The summed E-state index contributed by atoms with van der Waals surface area (Å²) in [5.74, 6) is -0.168. The van der Waals surface area contributed by atoms with E-state index in [2.05, 4.69) is 54.7 Å². The maximum absolute atomic E-state index is 14.0. The van der Waals surface area contributed by atoms with Crippen molar-refractivity contribution in [2.24, 2.45) is 16.2 Å². The predicted octanol–water partition coefficient (Wildman–Crippen LogP) is 8.60. The Morgan fingerprint density at radius 1 is 0.903 bits per heavy atom. The Morgan fingerprint density at radius 3 is 2.19 bits per heavy atom. The van der Waals surface area contributed by atoms with E-state index < -0.39 is 35.4 Å². The Labute approximate surface area is 433 Å². The molecule has 4 amide bonds. The number of carbonyl (C=O) groups excluding carboxylic acids is 4. The largest absolute Gasteiger partial charge is 0.494 e. The van der Waals surface area contributed by atoms with Crippen LogP contribution >= 0.6 is 22.9 Å². The number of carbonyl (C=O) groups is 4. The Bertz CT molecular complexity index is 2520. The maximum atomic E-state index is 14.0. The van der Waals surface area contributed by atoms with Gasteiger partial charge in [0.1, 0.15) is 42.4 Å². The molecule has 2 aliphatic rings. The second kappa shape index (κ2) is 24.4. The number of ether oxygens (including phenoxy) is 4. The van der Waals surface area contributed by atoms with Crippen LogP contribution in [0.25, 0.3) is 10.4 Å². The van der Waals surface area contributed by atoms with Crippen LogP contribution in [0.3, 0.4) is 0 Å². The number of aromatic nitrogens is 1. The molecule has 15 nitrogen and oxygen atoms in total. The highest BCUT2D eigenvalue weighted by Gasteiger charge is 2.64. The van der Waals surface area contributed by atoms with Gasteiger partial charge in [-0.3, -0.25) is 19.2 Å². The number of halogens is 1. The standard InChI is InChI=1S/C55H71ClN6O9S/c1-34(36-14-16-37(17-15-36)46-35(2)58-33-72-46)59-49(66)44-28-40(63)31-62(44)50(67)47(53(3,4)5)60-45(64)32-69-26-13-25-68-24-11-10-12-27-70-41-21-18-38(19-22-41)48(65)61-51-54(6,7)52(55(51,8)9)71-42-23-20-39(30-57)43(56)29-42/h14-23,29,33-34,40,44,47,51-52,63H,10-13,24-28,31-32H2,1-9H3,(H,59,66)(H,60,64)(H,61,65)/t34-,40+,44-,47+,51?,52?/m0/s1. The van der Waals surface area contributed by atoms with E-state index in [0.717, 1.165) is 41.0 Å². The summed E-state index contributed by atoms with van der Waals surface area (Å²) in [6.45, 7) is 19.3. The highest BCUT2D eigenvalue weighted by atomic mass is 35.5. The summed E-state index contributed by atoms with van der Waals surface area (Å²) in [6.07, 6.45) is 2.20. The molecule has 17 heteroatoms. The summed E-state index contributed by atoms with van der Waals surface area (Å²) >= 11 is 7.81. The third kappa shape index (κ3) is 13.9. The van der Waals surface area contributed by atoms with E-state index in [0.29, 0.717) is 60.5 Å². The number of aryl methyl sites for hydroxylation is 1. The molecule has 1 aliphatic carbocycles. The summed E-state index contributed by atoms with van der Waals surface area (Å²) in [6, 6.07) is 19.8. The van der Waals surface area contributed by atoms with E-state index in [-0.39, 0.29) is 60.4 Å². The molecule has 1 saturated carbocycles. The number of nitrogens with one attached hydrogen (secondary N) is 3. The number of β-amino-alcohol motifs (C(OH)–C–C–N with tert-alkyl or cyclic N) is 1. The molecular weight excluding hydrogens is 956 g/mol. The quantitative estimate of drug-likeness (QED) is 0.0519. The molecule has 388 valence electrons. The van der Waals surface area contributed by atoms with Gasteiger partial charge in [0.05, 0.1) is 45.4 Å². The number of aliphatic hydroxyl groups excluding tert-OH is 1. The van der Waals surface area contributed by atoms with Crippen molar-refractivity contribution in [2.75, 3.05) is 39.6 Å². The van der Waals surface area contributed by atoms with E-state index in [9.17, 15) is 29.5 Å². The lowest BCUT2D eigenvalue weighted by molar-refractivity contribution is -0.164. The van der Waals surface area contributed by atoms with Crippen LogP contribution in [0.5, 0.6) is 11.5 Å². The molecule has 4 atom stereocenters. The van der Waals surface area contributed by atoms with E-state index in [1.54, 1.807) is 53.8 Å². The predicted molar refractivity (Wildman–Crippen MR) is 278 cm³/mol. The number of benzene rings is 3. The molecule has 4 N–H and O–H groups in total. The zero-order valence-corrected chi connectivity index (χ0v) is 44.6. The average molecular weight is 1030 g/mol. The maximum Gasteiger partial charge on any atom is 0.251 e. The van der Waals surface area contributed by atoms with E-state index in [1.807, 2.05) is 64.4 Å². The van der Waals surface area contributed by atoms with Gasteiger partial charge in [0.2, 0.25) is 17.7 Å².